The lowest BCUT2D eigenvalue weighted by Crippen LogP contribution is -2.11. The van der Waals surface area contributed by atoms with E-state index in [2.05, 4.69) is 4.84 Å². The van der Waals surface area contributed by atoms with E-state index >= 15 is 0 Å². The molecule has 0 heterocycles. The summed E-state index contributed by atoms with van der Waals surface area (Å²) >= 11 is 5.19. The third-order valence-corrected chi connectivity index (χ3v) is 1.97. The number of rotatable bonds is 2. The molecule has 0 saturated carbocycles. The third kappa shape index (κ3) is 2.14. The highest BCUT2D eigenvalue weighted by atomic mass is 35.5. The van der Waals surface area contributed by atoms with Crippen LogP contribution in [0.5, 0.6) is 0 Å². The maximum Gasteiger partial charge on any atom is 0.133 e. The molecule has 1 unspecified atom stereocenters. The van der Waals surface area contributed by atoms with Crippen molar-refractivity contribution in [3.63, 3.8) is 0 Å². The second-order valence-electron chi connectivity index (χ2n) is 2.61. The van der Waals surface area contributed by atoms with Crippen LogP contribution in [0, 0.1) is 17.5 Å². The largest absolute Gasteiger partial charge is 0.226 e. The van der Waals surface area contributed by atoms with E-state index in [9.17, 15) is 13.2 Å². The SMILES string of the molecule is CC(NCl)c1c(F)cc(F)cc1F. The van der Waals surface area contributed by atoms with Crippen molar-refractivity contribution >= 4 is 11.8 Å². The summed E-state index contributed by atoms with van der Waals surface area (Å²) in [4.78, 5) is 2.15. The lowest BCUT2D eigenvalue weighted by atomic mass is 10.1. The van der Waals surface area contributed by atoms with Crippen LogP contribution < -0.4 is 4.84 Å². The van der Waals surface area contributed by atoms with Gasteiger partial charge in [0.25, 0.3) is 0 Å². The van der Waals surface area contributed by atoms with Gasteiger partial charge in [-0.15, -0.1) is 0 Å². The van der Waals surface area contributed by atoms with Gasteiger partial charge in [0.05, 0.1) is 0 Å². The summed E-state index contributed by atoms with van der Waals surface area (Å²) in [7, 11) is 0. The molecule has 1 aromatic carbocycles. The molecule has 72 valence electrons. The van der Waals surface area contributed by atoms with Crippen molar-refractivity contribution in [2.24, 2.45) is 0 Å². The predicted octanol–water partition coefficient (Wildman–Crippen LogP) is 2.91. The van der Waals surface area contributed by atoms with Crippen molar-refractivity contribution in [3.05, 3.63) is 35.1 Å². The number of benzene rings is 1. The molecule has 1 aromatic rings. The second-order valence-corrected chi connectivity index (χ2v) is 2.83. The molecule has 0 amide bonds. The highest BCUT2D eigenvalue weighted by Crippen LogP contribution is 2.21. The van der Waals surface area contributed by atoms with Crippen molar-refractivity contribution in [1.29, 1.82) is 0 Å². The summed E-state index contributed by atoms with van der Waals surface area (Å²) < 4.78 is 38.4. The van der Waals surface area contributed by atoms with Gasteiger partial charge in [-0.3, -0.25) is 0 Å². The van der Waals surface area contributed by atoms with E-state index in [-0.39, 0.29) is 5.56 Å². The summed E-state index contributed by atoms with van der Waals surface area (Å²) in [6, 6.07) is 0.522. The van der Waals surface area contributed by atoms with E-state index in [4.69, 9.17) is 11.8 Å². The summed E-state index contributed by atoms with van der Waals surface area (Å²) in [5, 5.41) is 0. The number of hydrogen-bond donors (Lipinski definition) is 1. The fraction of sp³-hybridized carbons (Fsp3) is 0.250. The minimum atomic E-state index is -0.946. The van der Waals surface area contributed by atoms with Crippen molar-refractivity contribution in [3.8, 4) is 0 Å². The first-order valence-electron chi connectivity index (χ1n) is 3.57. The molecule has 1 N–H and O–H groups in total. The zero-order chi connectivity index (χ0) is 10.0. The maximum absolute atomic E-state index is 13.0. The first-order valence-corrected chi connectivity index (χ1v) is 3.94. The standard InChI is InChI=1S/C8H7ClF3N/c1-4(13-9)8-6(11)2-5(10)3-7(8)12/h2-4,13H,1H3. The van der Waals surface area contributed by atoms with Crippen LogP contribution in [-0.4, -0.2) is 0 Å². The molecule has 1 rings (SSSR count). The molecule has 0 aliphatic rings. The van der Waals surface area contributed by atoms with Crippen LogP contribution >= 0.6 is 11.8 Å². The Morgan fingerprint density at radius 3 is 2.08 bits per heavy atom. The van der Waals surface area contributed by atoms with E-state index in [1.54, 1.807) is 0 Å². The molecule has 0 saturated heterocycles. The van der Waals surface area contributed by atoms with Gasteiger partial charge in [-0.2, -0.15) is 0 Å². The summed E-state index contributed by atoms with van der Waals surface area (Å²) in [5.41, 5.74) is -0.267. The van der Waals surface area contributed by atoms with Gasteiger partial charge in [0.2, 0.25) is 0 Å². The fourth-order valence-corrected chi connectivity index (χ4v) is 1.13. The van der Waals surface area contributed by atoms with Crippen LogP contribution in [0.25, 0.3) is 0 Å². The van der Waals surface area contributed by atoms with Crippen LogP contribution in [0.3, 0.4) is 0 Å². The Morgan fingerprint density at radius 2 is 1.69 bits per heavy atom. The molecule has 1 atom stereocenters. The molecular formula is C8H7ClF3N. The van der Waals surface area contributed by atoms with Crippen LogP contribution in [-0.2, 0) is 0 Å². The van der Waals surface area contributed by atoms with Crippen LogP contribution in [0.4, 0.5) is 13.2 Å². The van der Waals surface area contributed by atoms with Gasteiger partial charge >= 0.3 is 0 Å². The van der Waals surface area contributed by atoms with E-state index in [1.165, 1.54) is 6.92 Å². The quantitative estimate of drug-likeness (QED) is 0.739. The minimum Gasteiger partial charge on any atom is -0.226 e. The van der Waals surface area contributed by atoms with Crippen molar-refractivity contribution in [2.75, 3.05) is 0 Å². The van der Waals surface area contributed by atoms with Gasteiger partial charge < -0.3 is 0 Å². The Morgan fingerprint density at radius 1 is 1.23 bits per heavy atom. The number of hydrogen-bond acceptors (Lipinski definition) is 1. The van der Waals surface area contributed by atoms with Gasteiger partial charge in [0.15, 0.2) is 0 Å². The lowest BCUT2D eigenvalue weighted by Gasteiger charge is -2.10. The van der Waals surface area contributed by atoms with Crippen LogP contribution in [0.15, 0.2) is 12.1 Å². The molecule has 0 radical (unpaired) electrons. The normalized spacial score (nSPS) is 13.0. The summed E-state index contributed by atoms with van der Waals surface area (Å²) in [6.45, 7) is 1.46. The smallest absolute Gasteiger partial charge is 0.133 e. The minimum absolute atomic E-state index is 0.267. The predicted molar refractivity (Wildman–Crippen MR) is 43.7 cm³/mol. The Balaban J connectivity index is 3.20. The van der Waals surface area contributed by atoms with E-state index < -0.39 is 23.5 Å². The molecule has 0 fully saturated rings. The Hall–Kier alpha value is -0.740. The number of halogens is 4. The van der Waals surface area contributed by atoms with E-state index in [0.29, 0.717) is 12.1 Å². The number of nitrogens with one attached hydrogen (secondary N) is 1. The lowest BCUT2D eigenvalue weighted by molar-refractivity contribution is 0.503. The zero-order valence-corrected chi connectivity index (χ0v) is 7.50. The molecular weight excluding hydrogens is 203 g/mol. The van der Waals surface area contributed by atoms with Gasteiger partial charge in [-0.05, 0) is 18.7 Å². The summed E-state index contributed by atoms with van der Waals surface area (Å²) in [6.07, 6.45) is 0. The van der Waals surface area contributed by atoms with Crippen molar-refractivity contribution in [2.45, 2.75) is 13.0 Å². The van der Waals surface area contributed by atoms with Crippen LogP contribution in [0.1, 0.15) is 18.5 Å². The molecule has 0 bridgehead atoms. The molecule has 0 spiro atoms. The van der Waals surface area contributed by atoms with Gasteiger partial charge in [-0.25, -0.2) is 18.0 Å². The fourth-order valence-electron chi connectivity index (χ4n) is 1.02. The third-order valence-electron chi connectivity index (χ3n) is 1.64. The molecule has 0 aliphatic carbocycles. The van der Waals surface area contributed by atoms with Gasteiger partial charge in [0, 0.05) is 23.7 Å². The van der Waals surface area contributed by atoms with Crippen molar-refractivity contribution in [1.82, 2.24) is 4.84 Å². The first-order chi connectivity index (χ1) is 6.06. The topological polar surface area (TPSA) is 12.0 Å². The summed E-state index contributed by atoms with van der Waals surface area (Å²) in [5.74, 6) is -2.84. The average Bonchev–Trinajstić information content (AvgIpc) is 2.02. The molecule has 5 heteroatoms. The van der Waals surface area contributed by atoms with E-state index in [0.717, 1.165) is 0 Å². The maximum atomic E-state index is 13.0. The Labute approximate surface area is 78.6 Å². The highest BCUT2D eigenvalue weighted by Gasteiger charge is 2.16. The Kier molecular flexibility index (Phi) is 3.17. The first kappa shape index (κ1) is 10.3. The molecule has 1 nitrogen and oxygen atoms in total. The second kappa shape index (κ2) is 3.98. The highest BCUT2D eigenvalue weighted by molar-refractivity contribution is 6.13. The van der Waals surface area contributed by atoms with E-state index in [1.807, 2.05) is 0 Å². The average molecular weight is 210 g/mol. The van der Waals surface area contributed by atoms with Crippen molar-refractivity contribution < 1.29 is 13.2 Å². The molecule has 13 heavy (non-hydrogen) atoms. The zero-order valence-electron chi connectivity index (χ0n) is 6.74. The van der Waals surface area contributed by atoms with Gasteiger partial charge in [-0.1, -0.05) is 0 Å². The monoisotopic (exact) mass is 209 g/mol. The molecule has 0 aromatic heterocycles. The van der Waals surface area contributed by atoms with Gasteiger partial charge in [0.1, 0.15) is 17.5 Å². The Bertz CT molecular complexity index is 293. The van der Waals surface area contributed by atoms with Crippen LogP contribution in [0.2, 0.25) is 0 Å². The molecule has 0 aliphatic heterocycles.